The van der Waals surface area contributed by atoms with Gasteiger partial charge in [-0.25, -0.2) is 0 Å². The van der Waals surface area contributed by atoms with E-state index in [9.17, 15) is 4.79 Å². The molecule has 2 aromatic rings. The van der Waals surface area contributed by atoms with Gasteiger partial charge in [-0.2, -0.15) is 0 Å². The minimum absolute atomic E-state index is 0.136. The van der Waals surface area contributed by atoms with E-state index < -0.39 is 5.54 Å². The van der Waals surface area contributed by atoms with Gasteiger partial charge in [0.05, 0.1) is 0 Å². The Kier molecular flexibility index (Phi) is 4.37. The molecule has 1 heterocycles. The second-order valence-electron chi connectivity index (χ2n) is 6.15. The molecule has 2 N–H and O–H groups in total. The van der Waals surface area contributed by atoms with Crippen molar-refractivity contribution in [3.05, 3.63) is 63.6 Å². The first-order valence-electron chi connectivity index (χ1n) is 7.56. The number of rotatable bonds is 4. The van der Waals surface area contributed by atoms with Crippen molar-refractivity contribution in [3.63, 3.8) is 0 Å². The van der Waals surface area contributed by atoms with Gasteiger partial charge in [-0.05, 0) is 36.7 Å². The molecule has 0 saturated heterocycles. The zero-order valence-electron chi connectivity index (χ0n) is 13.0. The molecule has 23 heavy (non-hydrogen) atoms. The zero-order chi connectivity index (χ0) is 16.6. The van der Waals surface area contributed by atoms with Crippen molar-refractivity contribution in [3.8, 4) is 0 Å². The van der Waals surface area contributed by atoms with Crippen LogP contribution in [0.5, 0.6) is 0 Å². The van der Waals surface area contributed by atoms with Crippen LogP contribution < -0.4 is 10.6 Å². The quantitative estimate of drug-likeness (QED) is 0.857. The molecular weight excluding hydrogens is 331 g/mol. The number of fused-ring (bicyclic) bond motifs is 1. The molecule has 0 radical (unpaired) electrons. The second-order valence-corrected chi connectivity index (χ2v) is 6.99. The van der Waals surface area contributed by atoms with Crippen LogP contribution >= 0.6 is 23.2 Å². The lowest BCUT2D eigenvalue weighted by atomic mass is 9.83. The molecule has 0 saturated carbocycles. The molecule has 1 aliphatic heterocycles. The Morgan fingerprint density at radius 1 is 1.13 bits per heavy atom. The SMILES string of the molecule is CC(C)CNC1(c2ccccc2Cl)C(=O)Nc2ccc(Cl)cc21. The Balaban J connectivity index is 2.24. The Morgan fingerprint density at radius 2 is 1.87 bits per heavy atom. The Labute approximate surface area is 146 Å². The molecule has 0 spiro atoms. The minimum Gasteiger partial charge on any atom is -0.324 e. The van der Waals surface area contributed by atoms with Crippen molar-refractivity contribution in [2.45, 2.75) is 19.4 Å². The maximum Gasteiger partial charge on any atom is 0.254 e. The average molecular weight is 349 g/mol. The van der Waals surface area contributed by atoms with Gasteiger partial charge in [0, 0.05) is 26.9 Å². The molecule has 1 aliphatic rings. The molecule has 3 nitrogen and oxygen atoms in total. The van der Waals surface area contributed by atoms with E-state index in [1.54, 1.807) is 12.1 Å². The maximum absolute atomic E-state index is 13.0. The maximum atomic E-state index is 13.0. The highest BCUT2D eigenvalue weighted by Gasteiger charge is 2.49. The van der Waals surface area contributed by atoms with Crippen molar-refractivity contribution in [1.82, 2.24) is 5.32 Å². The van der Waals surface area contributed by atoms with Crippen LogP contribution in [0.1, 0.15) is 25.0 Å². The molecule has 5 heteroatoms. The third-order valence-corrected chi connectivity index (χ3v) is 4.59. The number of carbonyl (C=O) groups is 1. The van der Waals surface area contributed by atoms with E-state index in [2.05, 4.69) is 24.5 Å². The van der Waals surface area contributed by atoms with E-state index in [1.807, 2.05) is 30.3 Å². The van der Waals surface area contributed by atoms with E-state index in [0.29, 0.717) is 22.5 Å². The topological polar surface area (TPSA) is 41.1 Å². The molecule has 1 unspecified atom stereocenters. The summed E-state index contributed by atoms with van der Waals surface area (Å²) in [6.07, 6.45) is 0. The van der Waals surface area contributed by atoms with Crippen LogP contribution in [0, 0.1) is 5.92 Å². The largest absolute Gasteiger partial charge is 0.324 e. The summed E-state index contributed by atoms with van der Waals surface area (Å²) >= 11 is 12.6. The molecular formula is C18H18Cl2N2O. The van der Waals surface area contributed by atoms with E-state index in [0.717, 1.165) is 16.8 Å². The van der Waals surface area contributed by atoms with Crippen molar-refractivity contribution in [1.29, 1.82) is 0 Å². The number of benzene rings is 2. The number of halogens is 2. The highest BCUT2D eigenvalue weighted by atomic mass is 35.5. The van der Waals surface area contributed by atoms with Crippen LogP contribution in [-0.4, -0.2) is 12.5 Å². The zero-order valence-corrected chi connectivity index (χ0v) is 14.5. The number of nitrogens with one attached hydrogen (secondary N) is 2. The molecule has 0 fully saturated rings. The van der Waals surface area contributed by atoms with Crippen molar-refractivity contribution >= 4 is 34.8 Å². The van der Waals surface area contributed by atoms with Gasteiger partial charge in [-0.1, -0.05) is 55.2 Å². The van der Waals surface area contributed by atoms with Gasteiger partial charge in [-0.3, -0.25) is 10.1 Å². The summed E-state index contributed by atoms with van der Waals surface area (Å²) < 4.78 is 0. The number of hydrogen-bond acceptors (Lipinski definition) is 2. The Bertz CT molecular complexity index is 760. The first-order valence-corrected chi connectivity index (χ1v) is 8.32. The van der Waals surface area contributed by atoms with E-state index in [-0.39, 0.29) is 5.91 Å². The summed E-state index contributed by atoms with van der Waals surface area (Å²) in [5.74, 6) is 0.244. The molecule has 1 amide bonds. The Hall–Kier alpha value is -1.55. The van der Waals surface area contributed by atoms with Crippen LogP contribution in [0.25, 0.3) is 0 Å². The van der Waals surface area contributed by atoms with E-state index in [1.165, 1.54) is 0 Å². The monoisotopic (exact) mass is 348 g/mol. The standard InChI is InChI=1S/C18H18Cl2N2O/c1-11(2)10-21-18(13-5-3-4-6-15(13)20)14-9-12(19)7-8-16(14)22-17(18)23/h3-9,11,21H,10H2,1-2H3,(H,22,23). The van der Waals surface area contributed by atoms with Crippen LogP contribution in [0.2, 0.25) is 10.0 Å². The molecule has 120 valence electrons. The molecule has 3 rings (SSSR count). The summed E-state index contributed by atoms with van der Waals surface area (Å²) in [6.45, 7) is 4.86. The average Bonchev–Trinajstić information content (AvgIpc) is 2.78. The highest BCUT2D eigenvalue weighted by Crippen LogP contribution is 2.44. The number of hydrogen-bond donors (Lipinski definition) is 2. The number of anilines is 1. The summed E-state index contributed by atoms with van der Waals surface area (Å²) in [7, 11) is 0. The fourth-order valence-corrected chi connectivity index (χ4v) is 3.38. The second kappa shape index (κ2) is 6.16. The van der Waals surface area contributed by atoms with Gasteiger partial charge in [0.15, 0.2) is 5.54 Å². The summed E-state index contributed by atoms with van der Waals surface area (Å²) in [5, 5.41) is 7.51. The van der Waals surface area contributed by atoms with Gasteiger partial charge < -0.3 is 5.32 Å². The van der Waals surface area contributed by atoms with E-state index >= 15 is 0 Å². The Morgan fingerprint density at radius 3 is 2.57 bits per heavy atom. The lowest BCUT2D eigenvalue weighted by Crippen LogP contribution is -2.50. The number of carbonyl (C=O) groups excluding carboxylic acids is 1. The molecule has 0 bridgehead atoms. The molecule has 0 aromatic heterocycles. The number of amides is 1. The van der Waals surface area contributed by atoms with Crippen molar-refractivity contribution in [2.75, 3.05) is 11.9 Å². The molecule has 1 atom stereocenters. The predicted octanol–water partition coefficient (Wildman–Crippen LogP) is 4.43. The van der Waals surface area contributed by atoms with Crippen LogP contribution in [0.15, 0.2) is 42.5 Å². The fourth-order valence-electron chi connectivity index (χ4n) is 2.93. The first-order chi connectivity index (χ1) is 10.9. The highest BCUT2D eigenvalue weighted by molar-refractivity contribution is 6.32. The van der Waals surface area contributed by atoms with Crippen LogP contribution in [0.4, 0.5) is 5.69 Å². The van der Waals surface area contributed by atoms with Crippen LogP contribution in [-0.2, 0) is 10.3 Å². The lowest BCUT2D eigenvalue weighted by molar-refractivity contribution is -0.120. The summed E-state index contributed by atoms with van der Waals surface area (Å²) in [5.41, 5.74) is 1.28. The molecule has 0 aliphatic carbocycles. The fraction of sp³-hybridized carbons (Fsp3) is 0.278. The van der Waals surface area contributed by atoms with Gasteiger partial charge in [-0.15, -0.1) is 0 Å². The van der Waals surface area contributed by atoms with Gasteiger partial charge in [0.2, 0.25) is 0 Å². The van der Waals surface area contributed by atoms with Crippen molar-refractivity contribution in [2.24, 2.45) is 5.92 Å². The summed E-state index contributed by atoms with van der Waals surface area (Å²) in [4.78, 5) is 13.0. The first kappa shape index (κ1) is 16.3. The van der Waals surface area contributed by atoms with Gasteiger partial charge in [0.25, 0.3) is 5.91 Å². The van der Waals surface area contributed by atoms with Gasteiger partial charge in [0.1, 0.15) is 0 Å². The normalized spacial score (nSPS) is 19.8. The van der Waals surface area contributed by atoms with Crippen LogP contribution in [0.3, 0.4) is 0 Å². The molecule has 2 aromatic carbocycles. The third kappa shape index (κ3) is 2.74. The lowest BCUT2D eigenvalue weighted by Gasteiger charge is -2.31. The van der Waals surface area contributed by atoms with E-state index in [4.69, 9.17) is 23.2 Å². The minimum atomic E-state index is -1.02. The smallest absolute Gasteiger partial charge is 0.254 e. The predicted molar refractivity (Wildman–Crippen MR) is 95.2 cm³/mol. The summed E-state index contributed by atoms with van der Waals surface area (Å²) in [6, 6.07) is 12.8. The third-order valence-electron chi connectivity index (χ3n) is 4.03. The van der Waals surface area contributed by atoms with Gasteiger partial charge >= 0.3 is 0 Å². The van der Waals surface area contributed by atoms with Crippen molar-refractivity contribution < 1.29 is 4.79 Å².